The molecule has 0 atom stereocenters. The van der Waals surface area contributed by atoms with Crippen LogP contribution in [0.15, 0.2) is 9.70 Å². The van der Waals surface area contributed by atoms with Crippen LogP contribution in [0.3, 0.4) is 0 Å². The van der Waals surface area contributed by atoms with E-state index < -0.39 is 0 Å². The highest BCUT2D eigenvalue weighted by molar-refractivity contribution is 8.26. The number of pyridine rings is 1. The second kappa shape index (κ2) is 9.33. The van der Waals surface area contributed by atoms with Crippen molar-refractivity contribution in [1.82, 2.24) is 9.47 Å². The Balaban J connectivity index is 2.26. The Morgan fingerprint density at radius 1 is 1.30 bits per heavy atom. The number of amides is 1. The minimum atomic E-state index is -0.287. The summed E-state index contributed by atoms with van der Waals surface area (Å²) in [6.45, 7) is 10.5. The number of carbonyl (C=O) groups excluding carboxylic acids is 1. The molecule has 0 aliphatic carbocycles. The maximum absolute atomic E-state index is 13.1. The number of morpholine rings is 1. The molecule has 0 saturated carbocycles. The molecule has 0 aromatic carbocycles. The average Bonchev–Trinajstić information content (AvgIpc) is 3.00. The standard InChI is InChI=1S/C21H26N4O3S2/c1-5-6-24-18(23-7-9-28-10-8-23)15(14(4)16(12-22)19(24)26)11-17-20(27)25(13(2)3)21(29)30-17/h11,13H,5-10H2,1-4H3. The summed E-state index contributed by atoms with van der Waals surface area (Å²) in [6, 6.07) is 2.04. The van der Waals surface area contributed by atoms with Crippen LogP contribution in [-0.2, 0) is 16.1 Å². The maximum atomic E-state index is 13.1. The predicted octanol–water partition coefficient (Wildman–Crippen LogP) is 2.88. The highest BCUT2D eigenvalue weighted by atomic mass is 32.2. The first-order chi connectivity index (χ1) is 14.3. The highest BCUT2D eigenvalue weighted by Crippen LogP contribution is 2.36. The van der Waals surface area contributed by atoms with Gasteiger partial charge >= 0.3 is 0 Å². The molecule has 2 aliphatic heterocycles. The van der Waals surface area contributed by atoms with Gasteiger partial charge in [-0.25, -0.2) is 0 Å². The largest absolute Gasteiger partial charge is 0.378 e. The number of anilines is 1. The zero-order chi connectivity index (χ0) is 22.0. The van der Waals surface area contributed by atoms with Crippen molar-refractivity contribution in [2.75, 3.05) is 31.2 Å². The molecule has 2 saturated heterocycles. The number of hydrogen-bond donors (Lipinski definition) is 0. The summed E-state index contributed by atoms with van der Waals surface area (Å²) in [5.74, 6) is 0.607. The molecule has 0 radical (unpaired) electrons. The third-order valence-electron chi connectivity index (χ3n) is 5.22. The fourth-order valence-electron chi connectivity index (χ4n) is 3.75. The van der Waals surface area contributed by atoms with Crippen molar-refractivity contribution in [1.29, 1.82) is 5.26 Å². The number of ether oxygens (including phenoxy) is 1. The zero-order valence-corrected chi connectivity index (χ0v) is 19.4. The van der Waals surface area contributed by atoms with Gasteiger partial charge in [-0.15, -0.1) is 0 Å². The Kier molecular flexibility index (Phi) is 7.01. The maximum Gasteiger partial charge on any atom is 0.270 e. The molecule has 7 nitrogen and oxygen atoms in total. The number of nitrogens with zero attached hydrogens (tertiary/aromatic N) is 4. The Morgan fingerprint density at radius 3 is 2.50 bits per heavy atom. The second-order valence-electron chi connectivity index (χ2n) is 7.55. The molecule has 1 aromatic rings. The molecule has 0 unspecified atom stereocenters. The van der Waals surface area contributed by atoms with Crippen LogP contribution in [-0.4, -0.2) is 52.0 Å². The van der Waals surface area contributed by atoms with Crippen molar-refractivity contribution in [3.63, 3.8) is 0 Å². The van der Waals surface area contributed by atoms with E-state index in [0.29, 0.717) is 47.6 Å². The van der Waals surface area contributed by atoms with E-state index in [1.165, 1.54) is 11.8 Å². The van der Waals surface area contributed by atoms with Crippen LogP contribution < -0.4 is 10.5 Å². The van der Waals surface area contributed by atoms with Crippen LogP contribution in [0.2, 0.25) is 0 Å². The third-order valence-corrected chi connectivity index (χ3v) is 6.55. The van der Waals surface area contributed by atoms with Gasteiger partial charge in [-0.3, -0.25) is 19.1 Å². The molecule has 1 aromatic heterocycles. The molecule has 2 aliphatic rings. The Bertz CT molecular complexity index is 1000. The van der Waals surface area contributed by atoms with Crippen molar-refractivity contribution in [3.05, 3.63) is 31.9 Å². The first-order valence-corrected chi connectivity index (χ1v) is 11.3. The van der Waals surface area contributed by atoms with Crippen molar-refractivity contribution >= 4 is 46.1 Å². The number of hydrogen-bond acceptors (Lipinski definition) is 7. The lowest BCUT2D eigenvalue weighted by Crippen LogP contribution is -2.41. The average molecular weight is 447 g/mol. The smallest absolute Gasteiger partial charge is 0.270 e. The van der Waals surface area contributed by atoms with E-state index in [0.717, 1.165) is 17.8 Å². The normalized spacial score (nSPS) is 18.6. The van der Waals surface area contributed by atoms with Gasteiger partial charge in [-0.1, -0.05) is 30.9 Å². The van der Waals surface area contributed by atoms with Crippen molar-refractivity contribution in [2.24, 2.45) is 0 Å². The van der Waals surface area contributed by atoms with Gasteiger partial charge in [-0.05, 0) is 38.8 Å². The van der Waals surface area contributed by atoms with Gasteiger partial charge in [0.25, 0.3) is 11.5 Å². The van der Waals surface area contributed by atoms with Gasteiger partial charge in [0.15, 0.2) is 0 Å². The molecule has 0 N–H and O–H groups in total. The lowest BCUT2D eigenvalue weighted by molar-refractivity contribution is -0.123. The van der Waals surface area contributed by atoms with Gasteiger partial charge in [-0.2, -0.15) is 5.26 Å². The van der Waals surface area contributed by atoms with E-state index >= 15 is 0 Å². The van der Waals surface area contributed by atoms with E-state index in [4.69, 9.17) is 17.0 Å². The minimum absolute atomic E-state index is 0.0353. The number of aromatic nitrogens is 1. The van der Waals surface area contributed by atoms with Crippen molar-refractivity contribution in [2.45, 2.75) is 46.7 Å². The molecule has 160 valence electrons. The van der Waals surface area contributed by atoms with Crippen LogP contribution in [0.5, 0.6) is 0 Å². The molecule has 1 amide bonds. The molecule has 9 heteroatoms. The van der Waals surface area contributed by atoms with Gasteiger partial charge < -0.3 is 9.64 Å². The molecule has 3 heterocycles. The number of thioether (sulfide) groups is 1. The Labute approximate surface area is 186 Å². The second-order valence-corrected chi connectivity index (χ2v) is 9.23. The Morgan fingerprint density at radius 2 is 1.97 bits per heavy atom. The van der Waals surface area contributed by atoms with Gasteiger partial charge in [0.1, 0.15) is 21.8 Å². The minimum Gasteiger partial charge on any atom is -0.378 e. The summed E-state index contributed by atoms with van der Waals surface area (Å²) < 4.78 is 7.69. The lowest BCUT2D eigenvalue weighted by Gasteiger charge is -2.33. The van der Waals surface area contributed by atoms with Crippen LogP contribution in [0, 0.1) is 18.3 Å². The summed E-state index contributed by atoms with van der Waals surface area (Å²) in [6.07, 6.45) is 2.55. The Hall–Kier alpha value is -2.15. The monoisotopic (exact) mass is 446 g/mol. The van der Waals surface area contributed by atoms with Crippen molar-refractivity contribution in [3.8, 4) is 6.07 Å². The highest BCUT2D eigenvalue weighted by Gasteiger charge is 2.34. The summed E-state index contributed by atoms with van der Waals surface area (Å²) in [4.78, 5) is 30.3. The fourth-order valence-corrected chi connectivity index (χ4v) is 5.25. The molecular weight excluding hydrogens is 420 g/mol. The molecule has 30 heavy (non-hydrogen) atoms. The number of carbonyl (C=O) groups is 1. The number of nitriles is 1. The van der Waals surface area contributed by atoms with Crippen LogP contribution >= 0.6 is 24.0 Å². The van der Waals surface area contributed by atoms with E-state index in [2.05, 4.69) is 11.0 Å². The lowest BCUT2D eigenvalue weighted by atomic mass is 10.0. The van der Waals surface area contributed by atoms with Gasteiger partial charge in [0.05, 0.1) is 18.1 Å². The van der Waals surface area contributed by atoms with Crippen LogP contribution in [0.1, 0.15) is 43.9 Å². The summed E-state index contributed by atoms with van der Waals surface area (Å²) in [7, 11) is 0. The fraction of sp³-hybridized carbons (Fsp3) is 0.524. The number of rotatable bonds is 5. The molecular formula is C21H26N4O3S2. The summed E-state index contributed by atoms with van der Waals surface area (Å²) >= 11 is 6.67. The van der Waals surface area contributed by atoms with E-state index in [1.807, 2.05) is 20.8 Å². The quantitative estimate of drug-likeness (QED) is 0.508. The van der Waals surface area contributed by atoms with Gasteiger partial charge in [0, 0.05) is 31.2 Å². The van der Waals surface area contributed by atoms with Crippen molar-refractivity contribution < 1.29 is 9.53 Å². The van der Waals surface area contributed by atoms with Crippen LogP contribution in [0.25, 0.3) is 6.08 Å². The summed E-state index contributed by atoms with van der Waals surface area (Å²) in [5.41, 5.74) is 1.15. The van der Waals surface area contributed by atoms with Crippen LogP contribution in [0.4, 0.5) is 5.82 Å². The topological polar surface area (TPSA) is 78.6 Å². The molecule has 3 rings (SSSR count). The van der Waals surface area contributed by atoms with Gasteiger partial charge in [0.2, 0.25) is 0 Å². The molecule has 2 fully saturated rings. The number of thiocarbonyl (C=S) groups is 1. The van der Waals surface area contributed by atoms with E-state index in [9.17, 15) is 14.9 Å². The van der Waals surface area contributed by atoms with E-state index in [-0.39, 0.29) is 23.1 Å². The third kappa shape index (κ3) is 4.04. The molecule has 0 bridgehead atoms. The zero-order valence-electron chi connectivity index (χ0n) is 17.7. The predicted molar refractivity (Wildman–Crippen MR) is 124 cm³/mol. The first kappa shape index (κ1) is 22.5. The summed E-state index contributed by atoms with van der Waals surface area (Å²) in [5, 5.41) is 9.67. The first-order valence-electron chi connectivity index (χ1n) is 10.1. The van der Waals surface area contributed by atoms with E-state index in [1.54, 1.807) is 22.5 Å². The SMILES string of the molecule is CCCn1c(N2CCOCC2)c(C=C2SC(=S)N(C(C)C)C2=O)c(C)c(C#N)c1=O. The molecule has 0 spiro atoms.